The van der Waals surface area contributed by atoms with E-state index in [2.05, 4.69) is 10.2 Å². The summed E-state index contributed by atoms with van der Waals surface area (Å²) in [6, 6.07) is 13.0. The molecule has 1 N–H and O–H groups in total. The molecule has 4 rings (SSSR count). The number of carbonyl (C=O) groups excluding carboxylic acids is 1. The topological polar surface area (TPSA) is 79.0 Å². The van der Waals surface area contributed by atoms with Crippen LogP contribution in [0.4, 0.5) is 17.1 Å². The molecule has 1 atom stereocenters. The summed E-state index contributed by atoms with van der Waals surface area (Å²) in [5.41, 5.74) is 3.19. The number of amides is 1. The van der Waals surface area contributed by atoms with Crippen molar-refractivity contribution in [2.45, 2.75) is 32.3 Å². The summed E-state index contributed by atoms with van der Waals surface area (Å²) in [6.07, 6.45) is 3.89. The van der Waals surface area contributed by atoms with E-state index in [9.17, 15) is 13.2 Å². The fourth-order valence-electron chi connectivity index (χ4n) is 3.94. The minimum atomic E-state index is -3.54. The van der Waals surface area contributed by atoms with Crippen molar-refractivity contribution in [3.8, 4) is 5.75 Å². The lowest BCUT2D eigenvalue weighted by Gasteiger charge is -2.34. The number of piperidine rings is 1. The number of anilines is 3. The van der Waals surface area contributed by atoms with Gasteiger partial charge in [0.25, 0.3) is 5.91 Å². The predicted molar refractivity (Wildman–Crippen MR) is 119 cm³/mol. The highest BCUT2D eigenvalue weighted by Gasteiger charge is 2.35. The number of carbonyl (C=O) groups is 1. The van der Waals surface area contributed by atoms with Gasteiger partial charge in [-0.25, -0.2) is 8.42 Å². The second kappa shape index (κ2) is 8.18. The maximum atomic E-state index is 12.9. The van der Waals surface area contributed by atoms with E-state index in [0.717, 1.165) is 30.6 Å². The number of sulfonamides is 1. The molecule has 0 aliphatic carbocycles. The van der Waals surface area contributed by atoms with Gasteiger partial charge in [0.1, 0.15) is 5.75 Å². The highest BCUT2D eigenvalue weighted by molar-refractivity contribution is 7.92. The molecule has 2 aromatic carbocycles. The van der Waals surface area contributed by atoms with Crippen LogP contribution in [0.1, 0.15) is 24.8 Å². The Morgan fingerprint density at radius 3 is 2.43 bits per heavy atom. The van der Waals surface area contributed by atoms with Gasteiger partial charge in [0.15, 0.2) is 6.10 Å². The van der Waals surface area contributed by atoms with E-state index < -0.39 is 16.1 Å². The summed E-state index contributed by atoms with van der Waals surface area (Å²) in [7, 11) is -3.54. The van der Waals surface area contributed by atoms with Crippen LogP contribution in [0.5, 0.6) is 5.75 Å². The maximum Gasteiger partial charge on any atom is 0.267 e. The van der Waals surface area contributed by atoms with Gasteiger partial charge < -0.3 is 15.0 Å². The third-order valence-corrected chi connectivity index (χ3v) is 6.68. The summed E-state index contributed by atoms with van der Waals surface area (Å²) in [6.45, 7) is 3.94. The van der Waals surface area contributed by atoms with Crippen LogP contribution in [0.15, 0.2) is 42.5 Å². The van der Waals surface area contributed by atoms with Crippen LogP contribution < -0.4 is 19.3 Å². The molecule has 2 aliphatic rings. The second-order valence-electron chi connectivity index (χ2n) is 7.96. The molecule has 2 aliphatic heterocycles. The molecule has 1 amide bonds. The highest BCUT2D eigenvalue weighted by Crippen LogP contribution is 2.36. The monoisotopic (exact) mass is 429 g/mol. The van der Waals surface area contributed by atoms with E-state index in [-0.39, 0.29) is 12.5 Å². The third kappa shape index (κ3) is 4.38. The number of aryl methyl sites for hydroxylation is 1. The van der Waals surface area contributed by atoms with E-state index in [1.165, 1.54) is 23.6 Å². The summed E-state index contributed by atoms with van der Waals surface area (Å²) in [5, 5.41) is 2.86. The molecule has 2 aromatic rings. The van der Waals surface area contributed by atoms with E-state index >= 15 is 0 Å². The van der Waals surface area contributed by atoms with Crippen LogP contribution in [0, 0.1) is 6.92 Å². The fourth-order valence-corrected chi connectivity index (χ4v) is 4.86. The van der Waals surface area contributed by atoms with Crippen molar-refractivity contribution in [3.05, 3.63) is 48.0 Å². The van der Waals surface area contributed by atoms with Crippen molar-refractivity contribution < 1.29 is 17.9 Å². The summed E-state index contributed by atoms with van der Waals surface area (Å²) < 4.78 is 31.7. The van der Waals surface area contributed by atoms with Gasteiger partial charge in [0.05, 0.1) is 18.5 Å². The predicted octanol–water partition coefficient (Wildman–Crippen LogP) is 3.15. The van der Waals surface area contributed by atoms with Crippen molar-refractivity contribution in [1.29, 1.82) is 0 Å². The molecule has 160 valence electrons. The number of nitrogens with zero attached hydrogens (tertiary/aromatic N) is 2. The standard InChI is InChI=1S/C22H27N3O4S/c1-16-6-11-19-20(14-16)29-21(15-25(19)30(2,27)28)22(26)23-17-7-9-18(10-8-17)24-12-4-3-5-13-24/h6-11,14,21H,3-5,12-13,15H2,1-2H3,(H,23,26)/t21-/m0/s1. The number of hydrogen-bond acceptors (Lipinski definition) is 5. The zero-order chi connectivity index (χ0) is 21.3. The molecule has 0 aromatic heterocycles. The average molecular weight is 430 g/mol. The normalized spacial score (nSPS) is 19.1. The minimum Gasteiger partial charge on any atom is -0.476 e. The first-order valence-electron chi connectivity index (χ1n) is 10.2. The summed E-state index contributed by atoms with van der Waals surface area (Å²) in [4.78, 5) is 15.2. The van der Waals surface area contributed by atoms with Gasteiger partial charge in [-0.1, -0.05) is 6.07 Å². The largest absolute Gasteiger partial charge is 0.476 e. The average Bonchev–Trinajstić information content (AvgIpc) is 2.73. The lowest BCUT2D eigenvalue weighted by atomic mass is 10.1. The van der Waals surface area contributed by atoms with Gasteiger partial charge in [-0.15, -0.1) is 0 Å². The minimum absolute atomic E-state index is 0.0629. The summed E-state index contributed by atoms with van der Waals surface area (Å²) >= 11 is 0. The van der Waals surface area contributed by atoms with Gasteiger partial charge in [-0.2, -0.15) is 0 Å². The number of hydrogen-bond donors (Lipinski definition) is 1. The van der Waals surface area contributed by atoms with Crippen LogP contribution in [0.2, 0.25) is 0 Å². The SMILES string of the molecule is Cc1ccc2c(c1)O[C@H](C(=O)Nc1ccc(N3CCCCC3)cc1)CN2S(C)(=O)=O. The Kier molecular flexibility index (Phi) is 5.60. The van der Waals surface area contributed by atoms with Crippen LogP contribution in [-0.4, -0.2) is 46.3 Å². The molecule has 0 bridgehead atoms. The van der Waals surface area contributed by atoms with Crippen LogP contribution in [0.25, 0.3) is 0 Å². The van der Waals surface area contributed by atoms with Gasteiger partial charge in [0.2, 0.25) is 10.0 Å². The maximum absolute atomic E-state index is 12.9. The van der Waals surface area contributed by atoms with Crippen molar-refractivity contribution in [1.82, 2.24) is 0 Å². The molecule has 1 saturated heterocycles. The Balaban J connectivity index is 1.49. The zero-order valence-corrected chi connectivity index (χ0v) is 18.1. The molecule has 1 fully saturated rings. The van der Waals surface area contributed by atoms with Gasteiger partial charge in [0, 0.05) is 24.5 Å². The van der Waals surface area contributed by atoms with Crippen molar-refractivity contribution >= 4 is 33.0 Å². The Bertz CT molecular complexity index is 1030. The van der Waals surface area contributed by atoms with Crippen molar-refractivity contribution in [2.75, 3.05) is 40.4 Å². The van der Waals surface area contributed by atoms with Gasteiger partial charge in [-0.05, 0) is 68.1 Å². The quantitative estimate of drug-likeness (QED) is 0.808. The lowest BCUT2D eigenvalue weighted by Crippen LogP contribution is -2.48. The van der Waals surface area contributed by atoms with Crippen LogP contribution in [0.3, 0.4) is 0 Å². The fraction of sp³-hybridized carbons (Fsp3) is 0.409. The van der Waals surface area contributed by atoms with Crippen molar-refractivity contribution in [2.24, 2.45) is 0 Å². The molecule has 0 radical (unpaired) electrons. The first kappa shape index (κ1) is 20.5. The first-order chi connectivity index (χ1) is 14.3. The number of benzene rings is 2. The molecule has 7 nitrogen and oxygen atoms in total. The Labute approximate surface area is 177 Å². The molecule has 30 heavy (non-hydrogen) atoms. The first-order valence-corrected chi connectivity index (χ1v) is 12.1. The summed E-state index contributed by atoms with van der Waals surface area (Å²) in [5.74, 6) is 0.0220. The molecule has 0 saturated carbocycles. The molecule has 2 heterocycles. The Morgan fingerprint density at radius 2 is 1.77 bits per heavy atom. The van der Waals surface area contributed by atoms with Gasteiger partial charge >= 0.3 is 0 Å². The molecule has 8 heteroatoms. The number of ether oxygens (including phenoxy) is 1. The molecule has 0 unspecified atom stereocenters. The second-order valence-corrected chi connectivity index (χ2v) is 9.86. The third-order valence-electron chi connectivity index (χ3n) is 5.53. The lowest BCUT2D eigenvalue weighted by molar-refractivity contribution is -0.122. The van der Waals surface area contributed by atoms with Crippen LogP contribution in [-0.2, 0) is 14.8 Å². The number of rotatable bonds is 4. The van der Waals surface area contributed by atoms with Gasteiger partial charge in [-0.3, -0.25) is 9.10 Å². The van der Waals surface area contributed by atoms with E-state index in [4.69, 9.17) is 4.74 Å². The molecule has 0 spiro atoms. The van der Waals surface area contributed by atoms with Crippen LogP contribution >= 0.6 is 0 Å². The zero-order valence-electron chi connectivity index (χ0n) is 17.3. The number of nitrogens with one attached hydrogen (secondary N) is 1. The Hall–Kier alpha value is -2.74. The molecular weight excluding hydrogens is 402 g/mol. The van der Waals surface area contributed by atoms with E-state index in [0.29, 0.717) is 17.1 Å². The molecular formula is C22H27N3O4S. The van der Waals surface area contributed by atoms with Crippen molar-refractivity contribution in [3.63, 3.8) is 0 Å². The van der Waals surface area contributed by atoms with E-state index in [1.54, 1.807) is 12.1 Å². The smallest absolute Gasteiger partial charge is 0.267 e. The highest BCUT2D eigenvalue weighted by atomic mass is 32.2. The van der Waals surface area contributed by atoms with E-state index in [1.807, 2.05) is 37.3 Å². The number of fused-ring (bicyclic) bond motifs is 1. The Morgan fingerprint density at radius 1 is 1.07 bits per heavy atom.